The van der Waals surface area contributed by atoms with E-state index in [9.17, 15) is 9.59 Å². The smallest absolute Gasteiger partial charge is 0.317 e. The minimum Gasteiger partial charge on any atom is -0.334 e. The van der Waals surface area contributed by atoms with Crippen molar-refractivity contribution < 1.29 is 9.59 Å². The summed E-state index contributed by atoms with van der Waals surface area (Å²) in [4.78, 5) is 26.8. The van der Waals surface area contributed by atoms with Crippen LogP contribution in [0.2, 0.25) is 5.02 Å². The van der Waals surface area contributed by atoms with Crippen LogP contribution in [0.4, 0.5) is 10.5 Å². The number of likely N-dealkylation sites (tertiary alicyclic amines) is 1. The van der Waals surface area contributed by atoms with Crippen molar-refractivity contribution in [2.45, 2.75) is 32.2 Å². The van der Waals surface area contributed by atoms with Gasteiger partial charge >= 0.3 is 6.03 Å². The minimum atomic E-state index is -0.302. The summed E-state index contributed by atoms with van der Waals surface area (Å²) in [5, 5.41) is 15.8. The first-order valence-corrected chi connectivity index (χ1v) is 11.7. The van der Waals surface area contributed by atoms with E-state index in [0.717, 1.165) is 23.4 Å². The molecule has 0 unspecified atom stereocenters. The van der Waals surface area contributed by atoms with Crippen LogP contribution in [0, 0.1) is 6.92 Å². The maximum Gasteiger partial charge on any atom is 0.317 e. The van der Waals surface area contributed by atoms with Crippen molar-refractivity contribution in [3.05, 3.63) is 74.7 Å². The van der Waals surface area contributed by atoms with Crippen molar-refractivity contribution in [1.82, 2.24) is 20.4 Å². The molecule has 2 N–H and O–H groups in total. The Balaban J connectivity index is 1.27. The molecule has 0 radical (unpaired) electrons. The summed E-state index contributed by atoms with van der Waals surface area (Å²) in [5.41, 5.74) is 2.89. The second kappa shape index (κ2) is 10.1. The van der Waals surface area contributed by atoms with Crippen LogP contribution < -0.4 is 10.6 Å². The monoisotopic (exact) mass is 469 g/mol. The first-order valence-electron chi connectivity index (χ1n) is 10.5. The molecule has 1 aliphatic rings. The average molecular weight is 470 g/mol. The highest BCUT2D eigenvalue weighted by Gasteiger charge is 2.27. The van der Waals surface area contributed by atoms with E-state index in [1.807, 2.05) is 36.1 Å². The van der Waals surface area contributed by atoms with Crippen LogP contribution in [0.1, 0.15) is 44.7 Å². The SMILES string of the molecule is Cc1ccc(CNC(=O)N2CCC(c3nnc(C(=O)Nc4cccc(Cl)c4)s3)CC2)cc1. The summed E-state index contributed by atoms with van der Waals surface area (Å²) >= 11 is 7.26. The molecular weight excluding hydrogens is 446 g/mol. The summed E-state index contributed by atoms with van der Waals surface area (Å²) in [6, 6.07) is 15.0. The van der Waals surface area contributed by atoms with Gasteiger partial charge in [0.25, 0.3) is 5.91 Å². The number of halogens is 1. The fraction of sp³-hybridized carbons (Fsp3) is 0.304. The first kappa shape index (κ1) is 22.2. The van der Waals surface area contributed by atoms with E-state index in [-0.39, 0.29) is 17.9 Å². The summed E-state index contributed by atoms with van der Waals surface area (Å²) < 4.78 is 0. The quantitative estimate of drug-likeness (QED) is 0.559. The number of nitrogens with zero attached hydrogens (tertiary/aromatic N) is 3. The molecule has 1 aromatic heterocycles. The lowest BCUT2D eigenvalue weighted by Gasteiger charge is -2.31. The molecule has 166 valence electrons. The van der Waals surface area contributed by atoms with E-state index in [4.69, 9.17) is 11.6 Å². The Kier molecular flexibility index (Phi) is 7.02. The van der Waals surface area contributed by atoms with Gasteiger partial charge in [0.2, 0.25) is 5.01 Å². The molecule has 0 atom stereocenters. The van der Waals surface area contributed by atoms with Gasteiger partial charge in [-0.3, -0.25) is 4.79 Å². The molecule has 7 nitrogen and oxygen atoms in total. The molecule has 3 aromatic rings. The van der Waals surface area contributed by atoms with Gasteiger partial charge in [0.05, 0.1) is 0 Å². The fourth-order valence-electron chi connectivity index (χ4n) is 3.57. The maximum atomic E-state index is 12.5. The Bertz CT molecular complexity index is 1090. The molecule has 0 saturated carbocycles. The van der Waals surface area contributed by atoms with Crippen LogP contribution in [-0.2, 0) is 6.54 Å². The van der Waals surface area contributed by atoms with Gasteiger partial charge < -0.3 is 15.5 Å². The van der Waals surface area contributed by atoms with E-state index < -0.39 is 0 Å². The summed E-state index contributed by atoms with van der Waals surface area (Å²) in [5.74, 6) is -0.106. The Morgan fingerprint density at radius 2 is 1.88 bits per heavy atom. The standard InChI is InChI=1S/C23H24ClN5O2S/c1-15-5-7-16(8-6-15)14-25-23(31)29-11-9-17(10-12-29)21-27-28-22(32-21)20(30)26-19-4-2-3-18(24)13-19/h2-8,13,17H,9-12,14H2,1H3,(H,25,31)(H,26,30). The third kappa shape index (κ3) is 5.63. The van der Waals surface area contributed by atoms with E-state index in [0.29, 0.717) is 35.4 Å². The Morgan fingerprint density at radius 3 is 2.59 bits per heavy atom. The number of hydrogen-bond donors (Lipinski definition) is 2. The number of aromatic nitrogens is 2. The summed E-state index contributed by atoms with van der Waals surface area (Å²) in [6.07, 6.45) is 1.59. The number of anilines is 1. The van der Waals surface area contributed by atoms with Crippen LogP contribution in [0.25, 0.3) is 0 Å². The van der Waals surface area contributed by atoms with Gasteiger partial charge in [-0.05, 0) is 43.5 Å². The van der Waals surface area contributed by atoms with Gasteiger partial charge in [-0.15, -0.1) is 10.2 Å². The number of piperidine rings is 1. The van der Waals surface area contributed by atoms with Crippen LogP contribution in [-0.4, -0.2) is 40.1 Å². The molecule has 0 aliphatic carbocycles. The number of amides is 3. The highest BCUT2D eigenvalue weighted by atomic mass is 35.5. The zero-order valence-electron chi connectivity index (χ0n) is 17.7. The number of aryl methyl sites for hydroxylation is 1. The predicted octanol–water partition coefficient (Wildman–Crippen LogP) is 4.84. The normalized spacial score (nSPS) is 14.2. The first-order chi connectivity index (χ1) is 15.5. The van der Waals surface area contributed by atoms with Crippen molar-refractivity contribution in [3.63, 3.8) is 0 Å². The van der Waals surface area contributed by atoms with Crippen LogP contribution >= 0.6 is 22.9 Å². The third-order valence-corrected chi connectivity index (χ3v) is 6.73. The van der Waals surface area contributed by atoms with E-state index in [1.165, 1.54) is 16.9 Å². The van der Waals surface area contributed by atoms with Crippen molar-refractivity contribution in [2.75, 3.05) is 18.4 Å². The predicted molar refractivity (Wildman–Crippen MR) is 126 cm³/mol. The second-order valence-corrected chi connectivity index (χ2v) is 9.26. The van der Waals surface area contributed by atoms with Crippen LogP contribution in [0.3, 0.4) is 0 Å². The van der Waals surface area contributed by atoms with Gasteiger partial charge in [0.1, 0.15) is 5.01 Å². The summed E-state index contributed by atoms with van der Waals surface area (Å²) in [6.45, 7) is 3.85. The lowest BCUT2D eigenvalue weighted by molar-refractivity contribution is 0.102. The molecule has 0 spiro atoms. The lowest BCUT2D eigenvalue weighted by atomic mass is 9.98. The highest BCUT2D eigenvalue weighted by Crippen LogP contribution is 2.30. The fourth-order valence-corrected chi connectivity index (χ4v) is 4.66. The van der Waals surface area contributed by atoms with Crippen LogP contribution in [0.15, 0.2) is 48.5 Å². The van der Waals surface area contributed by atoms with E-state index in [1.54, 1.807) is 24.3 Å². The van der Waals surface area contributed by atoms with Gasteiger partial charge in [0, 0.05) is 36.3 Å². The second-order valence-electron chi connectivity index (χ2n) is 7.82. The van der Waals surface area contributed by atoms with Crippen molar-refractivity contribution in [1.29, 1.82) is 0 Å². The molecule has 9 heteroatoms. The largest absolute Gasteiger partial charge is 0.334 e. The molecule has 3 amide bonds. The van der Waals surface area contributed by atoms with Gasteiger partial charge in [-0.1, -0.05) is 58.8 Å². The topological polar surface area (TPSA) is 87.2 Å². The number of benzene rings is 2. The molecule has 32 heavy (non-hydrogen) atoms. The molecule has 2 aromatic carbocycles. The molecule has 0 bridgehead atoms. The number of carbonyl (C=O) groups excluding carboxylic acids is 2. The van der Waals surface area contributed by atoms with Gasteiger partial charge in [0.15, 0.2) is 0 Å². The maximum absolute atomic E-state index is 12.5. The molecule has 1 aliphatic heterocycles. The lowest BCUT2D eigenvalue weighted by Crippen LogP contribution is -2.43. The van der Waals surface area contributed by atoms with Crippen molar-refractivity contribution in [2.24, 2.45) is 0 Å². The molecular formula is C23H24ClN5O2S. The molecule has 4 rings (SSSR count). The van der Waals surface area contributed by atoms with E-state index in [2.05, 4.69) is 20.8 Å². The molecule has 1 fully saturated rings. The zero-order valence-corrected chi connectivity index (χ0v) is 19.2. The Labute approximate surface area is 195 Å². The number of nitrogens with one attached hydrogen (secondary N) is 2. The average Bonchev–Trinajstić information content (AvgIpc) is 3.29. The van der Waals surface area contributed by atoms with Gasteiger partial charge in [-0.2, -0.15) is 0 Å². The Hall–Kier alpha value is -2.97. The number of rotatable bonds is 5. The summed E-state index contributed by atoms with van der Waals surface area (Å²) in [7, 11) is 0. The molecule has 2 heterocycles. The van der Waals surface area contributed by atoms with Crippen molar-refractivity contribution in [3.8, 4) is 0 Å². The van der Waals surface area contributed by atoms with Crippen LogP contribution in [0.5, 0.6) is 0 Å². The number of carbonyl (C=O) groups is 2. The Morgan fingerprint density at radius 1 is 1.12 bits per heavy atom. The van der Waals surface area contributed by atoms with Gasteiger partial charge in [-0.25, -0.2) is 4.79 Å². The number of urea groups is 1. The molecule has 1 saturated heterocycles. The third-order valence-electron chi connectivity index (χ3n) is 5.41. The van der Waals surface area contributed by atoms with E-state index >= 15 is 0 Å². The number of hydrogen-bond acceptors (Lipinski definition) is 5. The highest BCUT2D eigenvalue weighted by molar-refractivity contribution is 7.13. The zero-order chi connectivity index (χ0) is 22.5. The minimum absolute atomic E-state index is 0.0529. The van der Waals surface area contributed by atoms with Crippen molar-refractivity contribution >= 4 is 40.6 Å².